The molecule has 6 nitrogen and oxygen atoms in total. The average molecular weight is 286 g/mol. The molecule has 0 atom stereocenters. The van der Waals surface area contributed by atoms with E-state index in [0.29, 0.717) is 12.1 Å². The normalized spacial score (nSPS) is 10.1. The van der Waals surface area contributed by atoms with Crippen LogP contribution in [0.4, 0.5) is 5.69 Å². The molecule has 2 rings (SSSR count). The summed E-state index contributed by atoms with van der Waals surface area (Å²) in [4.78, 5) is 36.1. The van der Waals surface area contributed by atoms with Crippen LogP contribution in [0.1, 0.15) is 22.5 Å². The third kappa shape index (κ3) is 4.31. The second kappa shape index (κ2) is 6.51. The van der Waals surface area contributed by atoms with Crippen molar-refractivity contribution < 1.29 is 14.7 Å². The number of hydrogen-bond acceptors (Lipinski definition) is 3. The van der Waals surface area contributed by atoms with Crippen molar-refractivity contribution in [1.29, 1.82) is 0 Å². The van der Waals surface area contributed by atoms with Crippen molar-refractivity contribution in [3.8, 4) is 0 Å². The predicted molar refractivity (Wildman–Crippen MR) is 77.4 cm³/mol. The van der Waals surface area contributed by atoms with Crippen LogP contribution in [0.3, 0.4) is 0 Å². The van der Waals surface area contributed by atoms with E-state index in [1.165, 1.54) is 18.2 Å². The third-order valence-corrected chi connectivity index (χ3v) is 2.83. The fourth-order valence-corrected chi connectivity index (χ4v) is 1.83. The van der Waals surface area contributed by atoms with Crippen LogP contribution in [-0.4, -0.2) is 22.0 Å². The standard InChI is InChI=1S/C15H14N2O4/c18-13-6-2-5-12(17-13)15(21)16-11-4-1-3-10(9-11)7-8-14(19)20/h1-6,9H,7-8H2,(H,16,21)(H,17,18)(H,19,20). The van der Waals surface area contributed by atoms with Gasteiger partial charge in [0.1, 0.15) is 5.69 Å². The summed E-state index contributed by atoms with van der Waals surface area (Å²) < 4.78 is 0. The number of pyridine rings is 1. The molecule has 21 heavy (non-hydrogen) atoms. The molecular formula is C15H14N2O4. The molecule has 1 heterocycles. The minimum atomic E-state index is -0.869. The number of anilines is 1. The van der Waals surface area contributed by atoms with Crippen molar-refractivity contribution in [2.24, 2.45) is 0 Å². The van der Waals surface area contributed by atoms with E-state index in [9.17, 15) is 14.4 Å². The molecule has 0 unspecified atom stereocenters. The van der Waals surface area contributed by atoms with Crippen LogP contribution in [0, 0.1) is 0 Å². The molecule has 0 fully saturated rings. The lowest BCUT2D eigenvalue weighted by atomic mass is 10.1. The second-order valence-corrected chi connectivity index (χ2v) is 4.48. The van der Waals surface area contributed by atoms with Crippen LogP contribution in [0.25, 0.3) is 0 Å². The van der Waals surface area contributed by atoms with Crippen molar-refractivity contribution in [2.45, 2.75) is 12.8 Å². The Morgan fingerprint density at radius 3 is 2.62 bits per heavy atom. The maximum atomic E-state index is 12.0. The minimum Gasteiger partial charge on any atom is -0.481 e. The quantitative estimate of drug-likeness (QED) is 0.778. The lowest BCUT2D eigenvalue weighted by Gasteiger charge is -2.07. The van der Waals surface area contributed by atoms with Crippen LogP contribution in [-0.2, 0) is 11.2 Å². The number of aliphatic carboxylic acids is 1. The van der Waals surface area contributed by atoms with E-state index in [2.05, 4.69) is 10.3 Å². The number of aromatic amines is 1. The third-order valence-electron chi connectivity index (χ3n) is 2.83. The van der Waals surface area contributed by atoms with Crippen molar-refractivity contribution in [2.75, 3.05) is 5.32 Å². The van der Waals surface area contributed by atoms with Gasteiger partial charge in [0.05, 0.1) is 0 Å². The van der Waals surface area contributed by atoms with E-state index in [1.807, 2.05) is 0 Å². The van der Waals surface area contributed by atoms with E-state index in [0.717, 1.165) is 5.56 Å². The van der Waals surface area contributed by atoms with E-state index >= 15 is 0 Å². The van der Waals surface area contributed by atoms with Crippen LogP contribution in [0.5, 0.6) is 0 Å². The molecule has 1 aromatic heterocycles. The number of benzene rings is 1. The number of carboxylic acid groups (broad SMARTS) is 1. The maximum absolute atomic E-state index is 12.0. The highest BCUT2D eigenvalue weighted by Crippen LogP contribution is 2.13. The van der Waals surface area contributed by atoms with Gasteiger partial charge in [-0.2, -0.15) is 0 Å². The summed E-state index contributed by atoms with van der Waals surface area (Å²) in [6, 6.07) is 11.3. The molecule has 0 bridgehead atoms. The molecule has 0 saturated carbocycles. The summed E-state index contributed by atoms with van der Waals surface area (Å²) >= 11 is 0. The van der Waals surface area contributed by atoms with Crippen molar-refractivity contribution in [3.05, 3.63) is 64.1 Å². The minimum absolute atomic E-state index is 0.0312. The van der Waals surface area contributed by atoms with Crippen LogP contribution < -0.4 is 10.9 Å². The molecule has 0 aliphatic heterocycles. The Labute approximate surface area is 120 Å². The number of H-pyrrole nitrogens is 1. The van der Waals surface area contributed by atoms with Crippen molar-refractivity contribution >= 4 is 17.6 Å². The summed E-state index contributed by atoms with van der Waals surface area (Å²) in [6.07, 6.45) is 0.421. The first-order valence-corrected chi connectivity index (χ1v) is 6.36. The number of aryl methyl sites for hydroxylation is 1. The molecule has 0 spiro atoms. The smallest absolute Gasteiger partial charge is 0.303 e. The van der Waals surface area contributed by atoms with Gasteiger partial charge in [0.15, 0.2) is 0 Å². The molecule has 0 aliphatic carbocycles. The van der Waals surface area contributed by atoms with E-state index in [1.54, 1.807) is 24.3 Å². The lowest BCUT2D eigenvalue weighted by Crippen LogP contribution is -2.17. The number of nitrogens with one attached hydrogen (secondary N) is 2. The number of carbonyl (C=O) groups excluding carboxylic acids is 1. The Morgan fingerprint density at radius 2 is 1.90 bits per heavy atom. The number of hydrogen-bond donors (Lipinski definition) is 3. The van der Waals surface area contributed by atoms with Gasteiger partial charge in [0.25, 0.3) is 5.91 Å². The van der Waals surface area contributed by atoms with Gasteiger partial charge in [-0.05, 0) is 30.2 Å². The number of carbonyl (C=O) groups is 2. The molecule has 0 radical (unpaired) electrons. The monoisotopic (exact) mass is 286 g/mol. The Morgan fingerprint density at radius 1 is 1.14 bits per heavy atom. The number of amides is 1. The largest absolute Gasteiger partial charge is 0.481 e. The zero-order chi connectivity index (χ0) is 15.2. The first-order valence-electron chi connectivity index (χ1n) is 6.36. The lowest BCUT2D eigenvalue weighted by molar-refractivity contribution is -0.136. The summed E-state index contributed by atoms with van der Waals surface area (Å²) in [5.41, 5.74) is 1.18. The first-order chi connectivity index (χ1) is 10.0. The van der Waals surface area contributed by atoms with Gasteiger partial charge in [0.2, 0.25) is 5.56 Å². The Kier molecular flexibility index (Phi) is 4.50. The Bertz CT molecular complexity index is 721. The fourth-order valence-electron chi connectivity index (χ4n) is 1.83. The van der Waals surface area contributed by atoms with Gasteiger partial charge in [-0.15, -0.1) is 0 Å². The summed E-state index contributed by atoms with van der Waals surface area (Å²) in [5.74, 6) is -1.30. The number of aromatic nitrogens is 1. The predicted octanol–water partition coefficient (Wildman–Crippen LogP) is 1.64. The SMILES string of the molecule is O=C(O)CCc1cccc(NC(=O)c2cccc(=O)[nH]2)c1. The van der Waals surface area contributed by atoms with Gasteiger partial charge in [0, 0.05) is 18.2 Å². The van der Waals surface area contributed by atoms with Crippen molar-refractivity contribution in [1.82, 2.24) is 4.98 Å². The first kappa shape index (κ1) is 14.5. The summed E-state index contributed by atoms with van der Waals surface area (Å²) in [6.45, 7) is 0. The van der Waals surface area contributed by atoms with Gasteiger partial charge in [-0.25, -0.2) is 0 Å². The van der Waals surface area contributed by atoms with Gasteiger partial charge >= 0.3 is 5.97 Å². The summed E-state index contributed by atoms with van der Waals surface area (Å²) in [5, 5.41) is 11.3. The van der Waals surface area contributed by atoms with Gasteiger partial charge in [-0.3, -0.25) is 14.4 Å². The zero-order valence-electron chi connectivity index (χ0n) is 11.1. The highest BCUT2D eigenvalue weighted by atomic mass is 16.4. The molecule has 0 saturated heterocycles. The highest BCUT2D eigenvalue weighted by Gasteiger charge is 2.07. The molecular weight excluding hydrogens is 272 g/mol. The summed E-state index contributed by atoms with van der Waals surface area (Å²) in [7, 11) is 0. The number of carboxylic acids is 1. The van der Waals surface area contributed by atoms with Crippen LogP contribution in [0.15, 0.2) is 47.3 Å². The second-order valence-electron chi connectivity index (χ2n) is 4.48. The topological polar surface area (TPSA) is 99.3 Å². The van der Waals surface area contributed by atoms with E-state index in [4.69, 9.17) is 5.11 Å². The molecule has 6 heteroatoms. The number of rotatable bonds is 5. The molecule has 3 N–H and O–H groups in total. The van der Waals surface area contributed by atoms with Crippen LogP contribution >= 0.6 is 0 Å². The van der Waals surface area contributed by atoms with Gasteiger partial charge < -0.3 is 15.4 Å². The van der Waals surface area contributed by atoms with Gasteiger partial charge in [-0.1, -0.05) is 18.2 Å². The maximum Gasteiger partial charge on any atom is 0.303 e. The Hall–Kier alpha value is -2.89. The van der Waals surface area contributed by atoms with E-state index < -0.39 is 11.9 Å². The highest BCUT2D eigenvalue weighted by molar-refractivity contribution is 6.02. The fraction of sp³-hybridized carbons (Fsp3) is 0.133. The molecule has 108 valence electrons. The van der Waals surface area contributed by atoms with Crippen LogP contribution in [0.2, 0.25) is 0 Å². The zero-order valence-corrected chi connectivity index (χ0v) is 11.1. The molecule has 1 aromatic carbocycles. The molecule has 0 aliphatic rings. The molecule has 2 aromatic rings. The van der Waals surface area contributed by atoms with Crippen molar-refractivity contribution in [3.63, 3.8) is 0 Å². The molecule has 1 amide bonds. The average Bonchev–Trinajstić information content (AvgIpc) is 2.45. The Balaban J connectivity index is 2.09. The van der Waals surface area contributed by atoms with E-state index in [-0.39, 0.29) is 17.7 Å².